The number of nitrogens with two attached hydrogens (primary N) is 1. The predicted molar refractivity (Wildman–Crippen MR) is 167 cm³/mol. The third-order valence-electron chi connectivity index (χ3n) is 6.74. The Kier molecular flexibility index (Phi) is 13.5. The van der Waals surface area contributed by atoms with Crippen LogP contribution in [0.2, 0.25) is 0 Å². The van der Waals surface area contributed by atoms with E-state index in [1.807, 2.05) is 12.1 Å². The van der Waals surface area contributed by atoms with E-state index in [4.69, 9.17) is 10.5 Å². The van der Waals surface area contributed by atoms with Gasteiger partial charge in [0, 0.05) is 25.9 Å². The van der Waals surface area contributed by atoms with Crippen LogP contribution in [0.25, 0.3) is 0 Å². The van der Waals surface area contributed by atoms with Gasteiger partial charge < -0.3 is 36.4 Å². The van der Waals surface area contributed by atoms with Gasteiger partial charge in [-0.05, 0) is 23.6 Å². The Morgan fingerprint density at radius 1 is 0.778 bits per heavy atom. The first-order valence-corrected chi connectivity index (χ1v) is 14.5. The van der Waals surface area contributed by atoms with E-state index in [0.717, 1.165) is 16.0 Å². The Bertz CT molecular complexity index is 1400. The molecule has 12 heteroatoms. The zero-order valence-electron chi connectivity index (χ0n) is 25.1. The molecule has 0 unspecified atom stereocenters. The van der Waals surface area contributed by atoms with E-state index in [-0.39, 0.29) is 32.5 Å². The molecule has 3 aromatic rings. The van der Waals surface area contributed by atoms with Gasteiger partial charge in [0.15, 0.2) is 0 Å². The minimum absolute atomic E-state index is 0.0215. The molecule has 3 aromatic carbocycles. The first-order valence-electron chi connectivity index (χ1n) is 14.5. The summed E-state index contributed by atoms with van der Waals surface area (Å²) in [5, 5.41) is 17.5. The van der Waals surface area contributed by atoms with Crippen LogP contribution < -0.4 is 21.7 Å². The number of nitrogens with zero attached hydrogens (tertiary/aromatic N) is 1. The third kappa shape index (κ3) is 12.1. The first kappa shape index (κ1) is 34.3. The highest BCUT2D eigenvalue weighted by molar-refractivity contribution is 5.91. The number of ether oxygens (including phenoxy) is 1. The quantitative estimate of drug-likeness (QED) is 0.161. The van der Waals surface area contributed by atoms with Gasteiger partial charge in [0.1, 0.15) is 18.7 Å². The second kappa shape index (κ2) is 17.8. The molecule has 0 saturated carbocycles. The first-order chi connectivity index (χ1) is 21.6. The standard InChI is InChI=1S/C33H39N5O7/c1-23(34)30(40)35-17-18-38(21-29(39)36-28(32(42)43)20-25-13-7-3-8-14-25)31(41)27(19-24-11-5-2-6-12-24)37-33(44)45-22-26-15-9-4-10-16-26/h2-16,23,27-28H,17-22,34H2,1H3,(H,35,40)(H,36,39)(H,37,44)(H,42,43)/t23-,27-,28-/m0/s1. The summed E-state index contributed by atoms with van der Waals surface area (Å²) >= 11 is 0. The van der Waals surface area contributed by atoms with Crippen LogP contribution in [0.3, 0.4) is 0 Å². The molecule has 3 rings (SSSR count). The number of alkyl carbamates (subject to hydrolysis) is 1. The highest BCUT2D eigenvalue weighted by Gasteiger charge is 2.30. The highest BCUT2D eigenvalue weighted by atomic mass is 16.5. The molecule has 0 saturated heterocycles. The summed E-state index contributed by atoms with van der Waals surface area (Å²) in [5.41, 5.74) is 7.83. The fraction of sp³-hybridized carbons (Fsp3) is 0.303. The fourth-order valence-electron chi connectivity index (χ4n) is 4.38. The van der Waals surface area contributed by atoms with Crippen LogP contribution >= 0.6 is 0 Å². The molecule has 0 aromatic heterocycles. The maximum atomic E-state index is 13.9. The lowest BCUT2D eigenvalue weighted by atomic mass is 10.0. The van der Waals surface area contributed by atoms with Gasteiger partial charge in [0.2, 0.25) is 17.7 Å². The van der Waals surface area contributed by atoms with Crippen LogP contribution in [0.4, 0.5) is 4.79 Å². The van der Waals surface area contributed by atoms with Gasteiger partial charge in [-0.25, -0.2) is 9.59 Å². The Labute approximate surface area is 261 Å². The average molecular weight is 618 g/mol. The van der Waals surface area contributed by atoms with E-state index in [9.17, 15) is 29.1 Å². The van der Waals surface area contributed by atoms with E-state index < -0.39 is 54.5 Å². The van der Waals surface area contributed by atoms with E-state index in [0.29, 0.717) is 5.56 Å². The summed E-state index contributed by atoms with van der Waals surface area (Å²) in [4.78, 5) is 65.1. The molecule has 6 N–H and O–H groups in total. The molecule has 0 radical (unpaired) electrons. The normalized spacial score (nSPS) is 12.6. The number of amides is 4. The van der Waals surface area contributed by atoms with Crippen LogP contribution in [0.5, 0.6) is 0 Å². The summed E-state index contributed by atoms with van der Waals surface area (Å²) in [6.45, 7) is 0.796. The number of nitrogens with one attached hydrogen (secondary N) is 3. The van der Waals surface area contributed by atoms with Crippen molar-refractivity contribution in [1.82, 2.24) is 20.9 Å². The van der Waals surface area contributed by atoms with Gasteiger partial charge in [-0.2, -0.15) is 0 Å². The van der Waals surface area contributed by atoms with E-state index >= 15 is 0 Å². The van der Waals surface area contributed by atoms with Crippen LogP contribution in [-0.2, 0) is 43.4 Å². The van der Waals surface area contributed by atoms with Gasteiger partial charge in [0.25, 0.3) is 0 Å². The van der Waals surface area contributed by atoms with E-state index in [1.165, 1.54) is 6.92 Å². The smallest absolute Gasteiger partial charge is 0.408 e. The summed E-state index contributed by atoms with van der Waals surface area (Å²) in [6.07, 6.45) is -0.723. The number of carboxylic acid groups (broad SMARTS) is 1. The Morgan fingerprint density at radius 3 is 1.80 bits per heavy atom. The topological polar surface area (TPSA) is 180 Å². The summed E-state index contributed by atoms with van der Waals surface area (Å²) in [7, 11) is 0. The van der Waals surface area contributed by atoms with E-state index in [2.05, 4.69) is 16.0 Å². The minimum Gasteiger partial charge on any atom is -0.480 e. The number of hydrogen-bond donors (Lipinski definition) is 5. The fourth-order valence-corrected chi connectivity index (χ4v) is 4.38. The van der Waals surface area contributed by atoms with Gasteiger partial charge in [-0.3, -0.25) is 14.4 Å². The Morgan fingerprint density at radius 2 is 1.29 bits per heavy atom. The molecule has 4 amide bonds. The Balaban J connectivity index is 1.78. The predicted octanol–water partition coefficient (Wildman–Crippen LogP) is 1.63. The molecule has 45 heavy (non-hydrogen) atoms. The van der Waals surface area contributed by atoms with E-state index in [1.54, 1.807) is 78.9 Å². The number of hydrogen-bond acceptors (Lipinski definition) is 7. The number of carbonyl (C=O) groups excluding carboxylic acids is 4. The van der Waals surface area contributed by atoms with Crippen molar-refractivity contribution in [3.05, 3.63) is 108 Å². The maximum absolute atomic E-state index is 13.9. The maximum Gasteiger partial charge on any atom is 0.408 e. The number of rotatable bonds is 16. The molecule has 3 atom stereocenters. The summed E-state index contributed by atoms with van der Waals surface area (Å²) in [6, 6.07) is 23.6. The molecule has 0 aliphatic heterocycles. The van der Waals surface area contributed by atoms with Crippen molar-refractivity contribution >= 4 is 29.8 Å². The van der Waals surface area contributed by atoms with Crippen molar-refractivity contribution in [2.45, 2.75) is 44.5 Å². The van der Waals surface area contributed by atoms with Gasteiger partial charge in [0.05, 0.1) is 12.6 Å². The summed E-state index contributed by atoms with van der Waals surface area (Å²) in [5.74, 6) is -3.05. The molecule has 0 aliphatic rings. The van der Waals surface area contributed by atoms with Gasteiger partial charge >= 0.3 is 12.1 Å². The second-order valence-electron chi connectivity index (χ2n) is 10.4. The van der Waals surface area contributed by atoms with Crippen molar-refractivity contribution in [3.63, 3.8) is 0 Å². The van der Waals surface area contributed by atoms with Crippen molar-refractivity contribution in [1.29, 1.82) is 0 Å². The van der Waals surface area contributed by atoms with Crippen molar-refractivity contribution in [2.75, 3.05) is 19.6 Å². The molecule has 238 valence electrons. The van der Waals surface area contributed by atoms with Crippen LogP contribution in [0.15, 0.2) is 91.0 Å². The van der Waals surface area contributed by atoms with Crippen molar-refractivity contribution in [3.8, 4) is 0 Å². The van der Waals surface area contributed by atoms with Crippen LogP contribution in [0.1, 0.15) is 23.6 Å². The Hall–Kier alpha value is -5.23. The highest BCUT2D eigenvalue weighted by Crippen LogP contribution is 2.09. The molecular formula is C33H39N5O7. The molecule has 0 bridgehead atoms. The lowest BCUT2D eigenvalue weighted by Gasteiger charge is -2.28. The minimum atomic E-state index is -1.25. The molecule has 12 nitrogen and oxygen atoms in total. The number of carbonyl (C=O) groups is 5. The zero-order chi connectivity index (χ0) is 32.6. The molecule has 0 spiro atoms. The largest absolute Gasteiger partial charge is 0.480 e. The number of carboxylic acids is 1. The second-order valence-corrected chi connectivity index (χ2v) is 10.4. The zero-order valence-corrected chi connectivity index (χ0v) is 25.1. The molecule has 0 aliphatic carbocycles. The SMILES string of the molecule is C[C@H](N)C(=O)NCCN(CC(=O)N[C@@H](Cc1ccccc1)C(=O)O)C(=O)[C@H](Cc1ccccc1)NC(=O)OCc1ccccc1. The summed E-state index contributed by atoms with van der Waals surface area (Å²) < 4.78 is 5.35. The lowest BCUT2D eigenvalue weighted by Crippen LogP contribution is -2.55. The number of benzene rings is 3. The monoisotopic (exact) mass is 617 g/mol. The van der Waals surface area contributed by atoms with Gasteiger partial charge in [-0.15, -0.1) is 0 Å². The van der Waals surface area contributed by atoms with Crippen LogP contribution in [-0.4, -0.2) is 77.6 Å². The molecule has 0 heterocycles. The molecular weight excluding hydrogens is 578 g/mol. The van der Waals surface area contributed by atoms with Crippen molar-refractivity contribution < 1.29 is 33.8 Å². The average Bonchev–Trinajstić information content (AvgIpc) is 3.03. The molecule has 0 fully saturated rings. The third-order valence-corrected chi connectivity index (χ3v) is 6.74. The lowest BCUT2D eigenvalue weighted by molar-refractivity contribution is -0.143. The van der Waals surface area contributed by atoms with Crippen molar-refractivity contribution in [2.24, 2.45) is 5.73 Å². The number of aliphatic carboxylic acids is 1. The van der Waals surface area contributed by atoms with Gasteiger partial charge in [-0.1, -0.05) is 91.0 Å². The van der Waals surface area contributed by atoms with Crippen LogP contribution in [0, 0.1) is 0 Å².